The topological polar surface area (TPSA) is 94.5 Å². The zero-order valence-corrected chi connectivity index (χ0v) is 17.5. The molecule has 0 fully saturated rings. The van der Waals surface area contributed by atoms with Gasteiger partial charge in [0.1, 0.15) is 23.9 Å². The van der Waals surface area contributed by atoms with E-state index in [4.69, 9.17) is 9.47 Å². The molecule has 0 radical (unpaired) electrons. The first-order valence-corrected chi connectivity index (χ1v) is 10.8. The Balaban J connectivity index is 1.61. The zero-order valence-electron chi connectivity index (χ0n) is 16.7. The number of amides is 2. The number of fused-ring (bicyclic) bond motifs is 1. The van der Waals surface area contributed by atoms with Crippen LogP contribution in [0.3, 0.4) is 0 Å². The molecule has 156 valence electrons. The zero-order chi connectivity index (χ0) is 20.6. The Morgan fingerprint density at radius 1 is 1.10 bits per heavy atom. The summed E-state index contributed by atoms with van der Waals surface area (Å²) in [5.41, 5.74) is 1.90. The third kappa shape index (κ3) is 5.66. The van der Waals surface area contributed by atoms with E-state index in [1.807, 2.05) is 13.8 Å². The van der Waals surface area contributed by atoms with E-state index >= 15 is 0 Å². The molecule has 1 aromatic carbocycles. The Morgan fingerprint density at radius 3 is 2.52 bits per heavy atom. The minimum absolute atomic E-state index is 0.0764. The Hall–Kier alpha value is -2.68. The van der Waals surface area contributed by atoms with Gasteiger partial charge in [0.15, 0.2) is 6.61 Å². The highest BCUT2D eigenvalue weighted by atomic mass is 32.2. The van der Waals surface area contributed by atoms with Crippen LogP contribution in [-0.4, -0.2) is 41.4 Å². The lowest BCUT2D eigenvalue weighted by Gasteiger charge is -2.12. The van der Waals surface area contributed by atoms with Gasteiger partial charge in [-0.25, -0.2) is 4.68 Å². The van der Waals surface area contributed by atoms with Gasteiger partial charge in [-0.1, -0.05) is 6.92 Å². The van der Waals surface area contributed by atoms with E-state index < -0.39 is 0 Å². The Kier molecular flexibility index (Phi) is 7.40. The number of nitrogens with one attached hydrogen (secondary N) is 2. The lowest BCUT2D eigenvalue weighted by atomic mass is 10.3. The van der Waals surface area contributed by atoms with Crippen LogP contribution in [0.15, 0.2) is 24.3 Å². The second-order valence-electron chi connectivity index (χ2n) is 6.52. The van der Waals surface area contributed by atoms with Crippen LogP contribution < -0.4 is 20.1 Å². The monoisotopic (exact) mass is 418 g/mol. The number of carbonyl (C=O) groups excluding carboxylic acids is 2. The summed E-state index contributed by atoms with van der Waals surface area (Å²) in [6, 6.07) is 7.11. The molecule has 1 aliphatic heterocycles. The van der Waals surface area contributed by atoms with E-state index in [0.717, 1.165) is 34.9 Å². The van der Waals surface area contributed by atoms with E-state index in [1.165, 1.54) is 0 Å². The van der Waals surface area contributed by atoms with Crippen molar-refractivity contribution in [1.82, 2.24) is 15.1 Å². The third-order valence-electron chi connectivity index (χ3n) is 4.25. The highest BCUT2D eigenvalue weighted by Gasteiger charge is 2.25. The van der Waals surface area contributed by atoms with Crippen LogP contribution in [0.2, 0.25) is 0 Å². The smallest absolute Gasteiger partial charge is 0.263 e. The Bertz CT molecular complexity index is 851. The minimum atomic E-state index is -0.297. The van der Waals surface area contributed by atoms with Crippen LogP contribution >= 0.6 is 11.8 Å². The molecular formula is C20H26N4O4S. The predicted octanol–water partition coefficient (Wildman–Crippen LogP) is 2.57. The molecule has 0 bridgehead atoms. The quantitative estimate of drug-likeness (QED) is 0.616. The van der Waals surface area contributed by atoms with Crippen molar-refractivity contribution >= 4 is 29.4 Å². The molecule has 0 atom stereocenters. The number of benzene rings is 1. The van der Waals surface area contributed by atoms with Gasteiger partial charge in [0.05, 0.1) is 12.3 Å². The number of hydrogen-bond donors (Lipinski definition) is 2. The van der Waals surface area contributed by atoms with Gasteiger partial charge in [-0.3, -0.25) is 9.59 Å². The lowest BCUT2D eigenvalue weighted by molar-refractivity contribution is -0.122. The van der Waals surface area contributed by atoms with Crippen molar-refractivity contribution in [3.63, 3.8) is 0 Å². The average Bonchev–Trinajstić information content (AvgIpc) is 3.29. The van der Waals surface area contributed by atoms with Crippen LogP contribution in [0, 0.1) is 0 Å². The van der Waals surface area contributed by atoms with Gasteiger partial charge in [0, 0.05) is 23.6 Å². The van der Waals surface area contributed by atoms with Crippen molar-refractivity contribution in [1.29, 1.82) is 0 Å². The van der Waals surface area contributed by atoms with Crippen molar-refractivity contribution in [2.45, 2.75) is 38.3 Å². The molecule has 2 aromatic rings. The first-order valence-electron chi connectivity index (χ1n) is 9.69. The fourth-order valence-electron chi connectivity index (χ4n) is 2.89. The normalized spacial score (nSPS) is 12.3. The summed E-state index contributed by atoms with van der Waals surface area (Å²) in [7, 11) is 0. The summed E-state index contributed by atoms with van der Waals surface area (Å²) in [6.07, 6.45) is 0.866. The summed E-state index contributed by atoms with van der Waals surface area (Å²) in [5, 5.41) is 10.2. The lowest BCUT2D eigenvalue weighted by Crippen LogP contribution is -2.30. The standard InChI is InChI=1S/C20H26N4O4S/c1-3-9-21-18(25)10-24-20(16-12-29-13-17(16)23-24)22-19(26)11-28-15-7-5-14(6-8-15)27-4-2/h5-8H,3-4,9-13H2,1-2H3,(H,21,25)(H,22,26). The molecule has 2 N–H and O–H groups in total. The molecule has 9 heteroatoms. The molecule has 0 unspecified atom stereocenters. The van der Waals surface area contributed by atoms with E-state index in [0.29, 0.717) is 24.7 Å². The number of ether oxygens (including phenoxy) is 2. The summed E-state index contributed by atoms with van der Waals surface area (Å²) < 4.78 is 12.5. The molecule has 29 heavy (non-hydrogen) atoms. The molecule has 2 heterocycles. The van der Waals surface area contributed by atoms with Crippen molar-refractivity contribution in [2.24, 2.45) is 0 Å². The molecule has 8 nitrogen and oxygen atoms in total. The van der Waals surface area contributed by atoms with Crippen LogP contribution in [0.4, 0.5) is 5.82 Å². The maximum atomic E-state index is 12.5. The van der Waals surface area contributed by atoms with Crippen molar-refractivity contribution in [3.8, 4) is 11.5 Å². The number of rotatable bonds is 10. The van der Waals surface area contributed by atoms with Gasteiger partial charge in [-0.15, -0.1) is 0 Å². The maximum absolute atomic E-state index is 12.5. The van der Waals surface area contributed by atoms with Crippen LogP contribution in [0.25, 0.3) is 0 Å². The minimum Gasteiger partial charge on any atom is -0.494 e. The fourth-order valence-corrected chi connectivity index (χ4v) is 3.93. The summed E-state index contributed by atoms with van der Waals surface area (Å²) in [6.45, 7) is 5.07. The van der Waals surface area contributed by atoms with Crippen LogP contribution in [0.1, 0.15) is 31.5 Å². The Morgan fingerprint density at radius 2 is 1.83 bits per heavy atom. The van der Waals surface area contributed by atoms with Gasteiger partial charge in [-0.05, 0) is 37.6 Å². The van der Waals surface area contributed by atoms with E-state index in [9.17, 15) is 9.59 Å². The van der Waals surface area contributed by atoms with Crippen molar-refractivity contribution in [2.75, 3.05) is 25.1 Å². The van der Waals surface area contributed by atoms with Crippen LogP contribution in [0.5, 0.6) is 11.5 Å². The number of aromatic nitrogens is 2. The molecule has 0 spiro atoms. The van der Waals surface area contributed by atoms with E-state index in [1.54, 1.807) is 40.7 Å². The van der Waals surface area contributed by atoms with Gasteiger partial charge >= 0.3 is 0 Å². The molecule has 0 saturated heterocycles. The van der Waals surface area contributed by atoms with E-state index in [-0.39, 0.29) is 25.0 Å². The first kappa shape index (κ1) is 21.0. The van der Waals surface area contributed by atoms with Crippen molar-refractivity contribution in [3.05, 3.63) is 35.5 Å². The number of hydrogen-bond acceptors (Lipinski definition) is 6. The third-order valence-corrected chi connectivity index (χ3v) is 5.22. The van der Waals surface area contributed by atoms with Gasteiger partial charge in [0.25, 0.3) is 5.91 Å². The van der Waals surface area contributed by atoms with Gasteiger partial charge in [-0.2, -0.15) is 16.9 Å². The molecule has 1 aromatic heterocycles. The summed E-state index contributed by atoms with van der Waals surface area (Å²) >= 11 is 1.74. The van der Waals surface area contributed by atoms with E-state index in [2.05, 4.69) is 15.7 Å². The average molecular weight is 419 g/mol. The molecule has 2 amide bonds. The number of thioether (sulfide) groups is 1. The molecule has 1 aliphatic rings. The predicted molar refractivity (Wildman–Crippen MR) is 112 cm³/mol. The number of nitrogens with zero attached hydrogens (tertiary/aromatic N) is 2. The summed E-state index contributed by atoms with van der Waals surface area (Å²) in [5.74, 6) is 3.04. The fraction of sp³-hybridized carbons (Fsp3) is 0.450. The molecular weight excluding hydrogens is 392 g/mol. The highest BCUT2D eigenvalue weighted by molar-refractivity contribution is 7.98. The second kappa shape index (κ2) is 10.2. The number of carbonyl (C=O) groups is 2. The highest BCUT2D eigenvalue weighted by Crippen LogP contribution is 2.34. The maximum Gasteiger partial charge on any atom is 0.263 e. The SMILES string of the molecule is CCCNC(=O)Cn1nc2c(c1NC(=O)COc1ccc(OCC)cc1)CSC2. The van der Waals surface area contributed by atoms with Gasteiger partial charge in [0.2, 0.25) is 5.91 Å². The largest absolute Gasteiger partial charge is 0.494 e. The number of anilines is 1. The van der Waals surface area contributed by atoms with Crippen LogP contribution in [-0.2, 0) is 27.6 Å². The molecule has 0 aliphatic carbocycles. The van der Waals surface area contributed by atoms with Gasteiger partial charge < -0.3 is 20.1 Å². The second-order valence-corrected chi connectivity index (χ2v) is 7.50. The first-order chi connectivity index (χ1) is 14.1. The Labute approximate surface area is 174 Å². The molecule has 3 rings (SSSR count). The van der Waals surface area contributed by atoms with Crippen molar-refractivity contribution < 1.29 is 19.1 Å². The summed E-state index contributed by atoms with van der Waals surface area (Å²) in [4.78, 5) is 24.6. The molecule has 0 saturated carbocycles.